The van der Waals surface area contributed by atoms with Crippen LogP contribution in [0, 0.1) is 19.7 Å². The number of aryl methyl sites for hydroxylation is 2. The van der Waals surface area contributed by atoms with Gasteiger partial charge in [0.1, 0.15) is 11.6 Å². The molecule has 1 aromatic carbocycles. The van der Waals surface area contributed by atoms with Crippen molar-refractivity contribution in [1.82, 2.24) is 10.1 Å². The first kappa shape index (κ1) is 19.1. The minimum atomic E-state index is -0.411. The smallest absolute Gasteiger partial charge is 0.230 e. The van der Waals surface area contributed by atoms with Crippen molar-refractivity contribution in [2.24, 2.45) is 0 Å². The molecule has 0 radical (unpaired) electrons. The molecular weight excluding hydrogens is 349 g/mol. The predicted molar refractivity (Wildman–Crippen MR) is 99.6 cm³/mol. The summed E-state index contributed by atoms with van der Waals surface area (Å²) in [5.41, 5.74) is 2.40. The van der Waals surface area contributed by atoms with Crippen molar-refractivity contribution in [2.75, 3.05) is 31.1 Å². The van der Waals surface area contributed by atoms with E-state index >= 15 is 0 Å². The van der Waals surface area contributed by atoms with Crippen molar-refractivity contribution in [3.63, 3.8) is 0 Å². The normalized spacial score (nSPS) is 15.7. The van der Waals surface area contributed by atoms with Crippen LogP contribution in [-0.2, 0) is 4.79 Å². The van der Waals surface area contributed by atoms with E-state index in [0.29, 0.717) is 43.2 Å². The highest BCUT2D eigenvalue weighted by molar-refractivity contribution is 5.94. The molecule has 27 heavy (non-hydrogen) atoms. The minimum absolute atomic E-state index is 0.0245. The highest BCUT2D eigenvalue weighted by Gasteiger charge is 2.29. The van der Waals surface area contributed by atoms with Crippen LogP contribution in [0.15, 0.2) is 22.7 Å². The maximum atomic E-state index is 14.4. The zero-order chi connectivity index (χ0) is 19.7. The van der Waals surface area contributed by atoms with E-state index in [1.807, 2.05) is 25.7 Å². The van der Waals surface area contributed by atoms with E-state index in [-0.39, 0.29) is 17.6 Å². The molecular formula is C20H24FN3O3. The lowest BCUT2D eigenvalue weighted by molar-refractivity contribution is -0.132. The molecule has 1 aliphatic heterocycles. The van der Waals surface area contributed by atoms with Gasteiger partial charge in [-0.2, -0.15) is 0 Å². The maximum absolute atomic E-state index is 14.4. The monoisotopic (exact) mass is 373 g/mol. The zero-order valence-corrected chi connectivity index (χ0v) is 16.1. The second-order valence-corrected chi connectivity index (χ2v) is 6.99. The summed E-state index contributed by atoms with van der Waals surface area (Å²) in [5, 5.41) is 3.93. The standard InChI is InChI=1S/C20H24FN3O3/c1-12(19-13(2)22-27-15(19)4)20(26)24-9-7-23(8-10-24)18-6-5-16(14(3)25)11-17(18)21/h5-6,11-12H,7-10H2,1-4H3/t12-/m1/s1. The Morgan fingerprint density at radius 2 is 1.85 bits per heavy atom. The molecule has 144 valence electrons. The Morgan fingerprint density at radius 3 is 2.37 bits per heavy atom. The van der Waals surface area contributed by atoms with Crippen molar-refractivity contribution in [3.8, 4) is 0 Å². The Balaban J connectivity index is 1.67. The number of halogens is 1. The van der Waals surface area contributed by atoms with Gasteiger partial charge in [-0.15, -0.1) is 0 Å². The van der Waals surface area contributed by atoms with Gasteiger partial charge >= 0.3 is 0 Å². The van der Waals surface area contributed by atoms with Crippen LogP contribution in [0.4, 0.5) is 10.1 Å². The zero-order valence-electron chi connectivity index (χ0n) is 16.1. The van der Waals surface area contributed by atoms with Gasteiger partial charge in [-0.25, -0.2) is 4.39 Å². The Labute approximate surface area is 157 Å². The fraction of sp³-hybridized carbons (Fsp3) is 0.450. The SMILES string of the molecule is CC(=O)c1ccc(N2CCN(C(=O)[C@H](C)c3c(C)noc3C)CC2)c(F)c1. The first-order chi connectivity index (χ1) is 12.8. The summed E-state index contributed by atoms with van der Waals surface area (Å²) in [4.78, 5) is 27.9. The molecule has 0 bridgehead atoms. The number of rotatable bonds is 4. The molecule has 3 rings (SSSR count). The number of carbonyl (C=O) groups excluding carboxylic acids is 2. The van der Waals surface area contributed by atoms with E-state index in [1.165, 1.54) is 13.0 Å². The molecule has 1 fully saturated rings. The van der Waals surface area contributed by atoms with Crippen molar-refractivity contribution in [3.05, 3.63) is 46.6 Å². The number of carbonyl (C=O) groups is 2. The van der Waals surface area contributed by atoms with Gasteiger partial charge in [-0.1, -0.05) is 5.16 Å². The average Bonchev–Trinajstić information content (AvgIpc) is 2.99. The van der Waals surface area contributed by atoms with Crippen LogP contribution in [-0.4, -0.2) is 47.9 Å². The van der Waals surface area contributed by atoms with Crippen LogP contribution in [0.2, 0.25) is 0 Å². The number of amides is 1. The van der Waals surface area contributed by atoms with Crippen LogP contribution in [0.25, 0.3) is 0 Å². The molecule has 1 amide bonds. The van der Waals surface area contributed by atoms with Gasteiger partial charge in [0.25, 0.3) is 0 Å². The summed E-state index contributed by atoms with van der Waals surface area (Å²) < 4.78 is 19.5. The molecule has 1 aromatic heterocycles. The van der Waals surface area contributed by atoms with Gasteiger partial charge in [0, 0.05) is 37.3 Å². The number of piperazine rings is 1. The van der Waals surface area contributed by atoms with Gasteiger partial charge in [0.05, 0.1) is 17.3 Å². The molecule has 1 atom stereocenters. The lowest BCUT2D eigenvalue weighted by Crippen LogP contribution is -2.50. The topological polar surface area (TPSA) is 66.7 Å². The molecule has 0 saturated carbocycles. The third-order valence-corrected chi connectivity index (χ3v) is 5.18. The van der Waals surface area contributed by atoms with Gasteiger partial charge in [0.2, 0.25) is 5.91 Å². The summed E-state index contributed by atoms with van der Waals surface area (Å²) in [6.07, 6.45) is 0. The molecule has 2 aromatic rings. The van der Waals surface area contributed by atoms with Gasteiger partial charge in [-0.3, -0.25) is 9.59 Å². The van der Waals surface area contributed by atoms with Gasteiger partial charge in [0.15, 0.2) is 5.78 Å². The fourth-order valence-electron chi connectivity index (χ4n) is 3.66. The molecule has 1 aliphatic rings. The van der Waals surface area contributed by atoms with Crippen LogP contribution < -0.4 is 4.90 Å². The molecule has 0 N–H and O–H groups in total. The summed E-state index contributed by atoms with van der Waals surface area (Å²) in [6, 6.07) is 4.54. The summed E-state index contributed by atoms with van der Waals surface area (Å²) in [6.45, 7) is 9.03. The fourth-order valence-corrected chi connectivity index (χ4v) is 3.66. The quantitative estimate of drug-likeness (QED) is 0.771. The third-order valence-electron chi connectivity index (χ3n) is 5.18. The largest absolute Gasteiger partial charge is 0.366 e. The molecule has 0 aliphatic carbocycles. The van der Waals surface area contributed by atoms with Crippen molar-refractivity contribution >= 4 is 17.4 Å². The second kappa shape index (κ2) is 7.50. The van der Waals surface area contributed by atoms with E-state index < -0.39 is 5.82 Å². The first-order valence-electron chi connectivity index (χ1n) is 9.06. The Morgan fingerprint density at radius 1 is 1.19 bits per heavy atom. The summed E-state index contributed by atoms with van der Waals surface area (Å²) >= 11 is 0. The average molecular weight is 373 g/mol. The van der Waals surface area contributed by atoms with Crippen LogP contribution >= 0.6 is 0 Å². The number of ketones is 1. The molecule has 2 heterocycles. The Kier molecular flexibility index (Phi) is 5.30. The van der Waals surface area contributed by atoms with Crippen LogP contribution in [0.3, 0.4) is 0 Å². The van der Waals surface area contributed by atoms with E-state index in [0.717, 1.165) is 11.3 Å². The number of nitrogens with zero attached hydrogens (tertiary/aromatic N) is 3. The minimum Gasteiger partial charge on any atom is -0.366 e. The second-order valence-electron chi connectivity index (χ2n) is 6.99. The number of Topliss-reactive ketones (excluding diaryl/α,β-unsaturated/α-hetero) is 1. The van der Waals surface area contributed by atoms with Crippen LogP contribution in [0.5, 0.6) is 0 Å². The lowest BCUT2D eigenvalue weighted by atomic mass is 9.97. The van der Waals surface area contributed by atoms with Crippen molar-refractivity contribution < 1.29 is 18.5 Å². The molecule has 0 unspecified atom stereocenters. The summed E-state index contributed by atoms with van der Waals surface area (Å²) in [7, 11) is 0. The number of aromatic nitrogens is 1. The van der Waals surface area contributed by atoms with E-state index in [4.69, 9.17) is 4.52 Å². The number of hydrogen-bond donors (Lipinski definition) is 0. The predicted octanol–water partition coefficient (Wildman–Crippen LogP) is 3.09. The number of anilines is 1. The van der Waals surface area contributed by atoms with Crippen molar-refractivity contribution in [2.45, 2.75) is 33.6 Å². The van der Waals surface area contributed by atoms with Crippen molar-refractivity contribution in [1.29, 1.82) is 0 Å². The molecule has 6 nitrogen and oxygen atoms in total. The molecule has 0 spiro atoms. The summed E-state index contributed by atoms with van der Waals surface area (Å²) in [5.74, 6) is -0.207. The number of benzene rings is 1. The number of hydrogen-bond acceptors (Lipinski definition) is 5. The van der Waals surface area contributed by atoms with E-state index in [9.17, 15) is 14.0 Å². The highest BCUT2D eigenvalue weighted by Crippen LogP contribution is 2.27. The Hall–Kier alpha value is -2.70. The maximum Gasteiger partial charge on any atom is 0.230 e. The van der Waals surface area contributed by atoms with Gasteiger partial charge in [-0.05, 0) is 45.9 Å². The van der Waals surface area contributed by atoms with E-state index in [2.05, 4.69) is 5.16 Å². The highest BCUT2D eigenvalue weighted by atomic mass is 19.1. The van der Waals surface area contributed by atoms with Crippen LogP contribution in [0.1, 0.15) is 47.1 Å². The first-order valence-corrected chi connectivity index (χ1v) is 9.06. The van der Waals surface area contributed by atoms with E-state index in [1.54, 1.807) is 17.0 Å². The third kappa shape index (κ3) is 3.72. The molecule has 1 saturated heterocycles. The Bertz CT molecular complexity index is 850. The molecule has 7 heteroatoms. The lowest BCUT2D eigenvalue weighted by Gasteiger charge is -2.37. The van der Waals surface area contributed by atoms with Gasteiger partial charge < -0.3 is 14.3 Å².